The Morgan fingerprint density at radius 2 is 2.24 bits per heavy atom. The summed E-state index contributed by atoms with van der Waals surface area (Å²) in [4.78, 5) is 16.3. The average Bonchev–Trinajstić information content (AvgIpc) is 2.74. The molecular weight excluding hydrogens is 232 g/mol. The number of hydrogen-bond acceptors (Lipinski definition) is 3. The molecule has 0 saturated carbocycles. The summed E-state index contributed by atoms with van der Waals surface area (Å²) >= 11 is 1.76. The van der Waals surface area contributed by atoms with Gasteiger partial charge < -0.3 is 10.2 Å². The van der Waals surface area contributed by atoms with Crippen LogP contribution in [0.15, 0.2) is 12.1 Å². The molecule has 1 amide bonds. The Hall–Kier alpha value is -0.870. The van der Waals surface area contributed by atoms with Gasteiger partial charge in [0.2, 0.25) is 5.91 Å². The summed E-state index contributed by atoms with van der Waals surface area (Å²) < 4.78 is 0. The Morgan fingerprint density at radius 1 is 1.53 bits per heavy atom. The van der Waals surface area contributed by atoms with Crippen molar-refractivity contribution in [2.75, 3.05) is 20.6 Å². The normalized spacial score (nSPS) is 12.5. The van der Waals surface area contributed by atoms with E-state index in [9.17, 15) is 4.79 Å². The van der Waals surface area contributed by atoms with E-state index < -0.39 is 0 Å². The molecule has 1 aromatic heterocycles. The van der Waals surface area contributed by atoms with Crippen LogP contribution in [0.1, 0.15) is 35.6 Å². The van der Waals surface area contributed by atoms with Crippen LogP contribution >= 0.6 is 11.3 Å². The number of nitrogens with one attached hydrogen (secondary N) is 1. The molecule has 1 N–H and O–H groups in total. The maximum Gasteiger partial charge on any atom is 0.222 e. The molecule has 0 aromatic carbocycles. The molecule has 1 aromatic rings. The van der Waals surface area contributed by atoms with E-state index in [0.29, 0.717) is 6.42 Å². The number of carbonyl (C=O) groups excluding carboxylic acids is 1. The third-order valence-corrected chi connectivity index (χ3v) is 4.14. The van der Waals surface area contributed by atoms with Crippen molar-refractivity contribution in [2.45, 2.75) is 32.7 Å². The van der Waals surface area contributed by atoms with E-state index in [4.69, 9.17) is 0 Å². The number of hydrogen-bond donors (Lipinski definition) is 1. The zero-order valence-electron chi connectivity index (χ0n) is 11.1. The summed E-state index contributed by atoms with van der Waals surface area (Å²) in [5, 5.41) is 3.06. The second-order valence-electron chi connectivity index (χ2n) is 4.34. The minimum Gasteiger partial charge on any atom is -0.338 e. The average molecular weight is 254 g/mol. The lowest BCUT2D eigenvalue weighted by molar-refractivity contribution is -0.131. The van der Waals surface area contributed by atoms with E-state index in [0.717, 1.165) is 13.0 Å². The summed E-state index contributed by atoms with van der Waals surface area (Å²) in [5.74, 6) is 0.221. The Bertz CT molecular complexity index is 362. The number of carbonyl (C=O) groups is 1. The lowest BCUT2D eigenvalue weighted by Gasteiger charge is -2.24. The minimum absolute atomic E-state index is 0.177. The summed E-state index contributed by atoms with van der Waals surface area (Å²) in [6.07, 6.45) is 1.52. The van der Waals surface area contributed by atoms with Gasteiger partial charge >= 0.3 is 0 Å². The fourth-order valence-corrected chi connectivity index (χ4v) is 2.65. The summed E-state index contributed by atoms with van der Waals surface area (Å²) in [6, 6.07) is 4.40. The Kier molecular flexibility index (Phi) is 5.65. The topological polar surface area (TPSA) is 32.3 Å². The molecule has 0 aliphatic heterocycles. The smallest absolute Gasteiger partial charge is 0.222 e. The Balaban J connectivity index is 2.51. The molecule has 3 nitrogen and oxygen atoms in total. The first-order valence-corrected chi connectivity index (χ1v) is 6.84. The van der Waals surface area contributed by atoms with Gasteiger partial charge in [-0.05, 0) is 46.0 Å². The van der Waals surface area contributed by atoms with Gasteiger partial charge in [0, 0.05) is 23.2 Å². The molecule has 1 rings (SSSR count). The van der Waals surface area contributed by atoms with Gasteiger partial charge in [-0.3, -0.25) is 4.79 Å². The number of aryl methyl sites for hydroxylation is 1. The summed E-state index contributed by atoms with van der Waals surface area (Å²) in [6.45, 7) is 5.07. The molecule has 0 saturated heterocycles. The second-order valence-corrected chi connectivity index (χ2v) is 5.66. The SMILES string of the molecule is CNCCCC(=O)N(C)C(C)c1ccc(C)s1. The third kappa shape index (κ3) is 4.13. The van der Waals surface area contributed by atoms with Crippen molar-refractivity contribution in [3.8, 4) is 0 Å². The largest absolute Gasteiger partial charge is 0.338 e. The molecule has 17 heavy (non-hydrogen) atoms. The van der Waals surface area contributed by atoms with Gasteiger partial charge in [-0.1, -0.05) is 0 Å². The van der Waals surface area contributed by atoms with Crippen molar-refractivity contribution in [3.63, 3.8) is 0 Å². The predicted octanol–water partition coefficient (Wildman–Crippen LogP) is 2.58. The number of rotatable bonds is 6. The molecule has 4 heteroatoms. The van der Waals surface area contributed by atoms with Crippen molar-refractivity contribution in [1.29, 1.82) is 0 Å². The highest BCUT2D eigenvalue weighted by Gasteiger charge is 2.17. The van der Waals surface area contributed by atoms with Crippen LogP contribution in [-0.4, -0.2) is 31.4 Å². The van der Waals surface area contributed by atoms with Gasteiger partial charge in [-0.25, -0.2) is 0 Å². The fourth-order valence-electron chi connectivity index (χ4n) is 1.68. The van der Waals surface area contributed by atoms with Crippen molar-refractivity contribution in [1.82, 2.24) is 10.2 Å². The first-order valence-electron chi connectivity index (χ1n) is 6.03. The summed E-state index contributed by atoms with van der Waals surface area (Å²) in [7, 11) is 3.80. The third-order valence-electron chi connectivity index (χ3n) is 2.96. The predicted molar refractivity (Wildman–Crippen MR) is 73.4 cm³/mol. The number of amides is 1. The Morgan fingerprint density at radius 3 is 2.76 bits per heavy atom. The zero-order valence-corrected chi connectivity index (χ0v) is 11.9. The molecule has 1 atom stereocenters. The number of nitrogens with zero attached hydrogens (tertiary/aromatic N) is 1. The van der Waals surface area contributed by atoms with E-state index in [1.807, 2.05) is 19.0 Å². The molecule has 0 spiro atoms. The molecule has 0 aliphatic carbocycles. The minimum atomic E-state index is 0.177. The molecule has 0 radical (unpaired) electrons. The van der Waals surface area contributed by atoms with E-state index in [1.54, 1.807) is 11.3 Å². The molecule has 96 valence electrons. The lowest BCUT2D eigenvalue weighted by atomic mass is 10.2. The maximum absolute atomic E-state index is 11.9. The number of thiophene rings is 1. The van der Waals surface area contributed by atoms with Crippen LogP contribution in [0.5, 0.6) is 0 Å². The van der Waals surface area contributed by atoms with E-state index >= 15 is 0 Å². The van der Waals surface area contributed by atoms with Gasteiger partial charge in [0.05, 0.1) is 6.04 Å². The van der Waals surface area contributed by atoms with Crippen LogP contribution in [0.3, 0.4) is 0 Å². The van der Waals surface area contributed by atoms with Crippen LogP contribution in [0.2, 0.25) is 0 Å². The first-order chi connectivity index (χ1) is 8.06. The molecule has 0 bridgehead atoms. The highest BCUT2D eigenvalue weighted by atomic mass is 32.1. The van der Waals surface area contributed by atoms with Crippen molar-refractivity contribution in [3.05, 3.63) is 21.9 Å². The highest BCUT2D eigenvalue weighted by Crippen LogP contribution is 2.26. The quantitative estimate of drug-likeness (QED) is 0.791. The fraction of sp³-hybridized carbons (Fsp3) is 0.615. The molecule has 0 aliphatic rings. The van der Waals surface area contributed by atoms with Gasteiger partial charge in [0.1, 0.15) is 0 Å². The maximum atomic E-state index is 11.9. The zero-order chi connectivity index (χ0) is 12.8. The van der Waals surface area contributed by atoms with Crippen LogP contribution in [0, 0.1) is 6.92 Å². The van der Waals surface area contributed by atoms with E-state index in [2.05, 4.69) is 31.3 Å². The van der Waals surface area contributed by atoms with Crippen LogP contribution in [-0.2, 0) is 4.79 Å². The van der Waals surface area contributed by atoms with E-state index in [-0.39, 0.29) is 11.9 Å². The van der Waals surface area contributed by atoms with Crippen LogP contribution in [0.25, 0.3) is 0 Å². The van der Waals surface area contributed by atoms with Gasteiger partial charge in [0.15, 0.2) is 0 Å². The molecule has 1 heterocycles. The standard InChI is InChI=1S/C13H22N2OS/c1-10-7-8-12(17-10)11(2)15(4)13(16)6-5-9-14-3/h7-8,11,14H,5-6,9H2,1-4H3. The van der Waals surface area contributed by atoms with E-state index in [1.165, 1.54) is 9.75 Å². The van der Waals surface area contributed by atoms with Gasteiger partial charge in [0.25, 0.3) is 0 Å². The van der Waals surface area contributed by atoms with Crippen molar-refractivity contribution >= 4 is 17.2 Å². The molecular formula is C13H22N2OS. The van der Waals surface area contributed by atoms with Crippen LogP contribution in [0.4, 0.5) is 0 Å². The van der Waals surface area contributed by atoms with Crippen molar-refractivity contribution in [2.24, 2.45) is 0 Å². The molecule has 1 unspecified atom stereocenters. The Labute approximate surface area is 108 Å². The first kappa shape index (κ1) is 14.2. The highest BCUT2D eigenvalue weighted by molar-refractivity contribution is 7.12. The van der Waals surface area contributed by atoms with Crippen LogP contribution < -0.4 is 5.32 Å². The van der Waals surface area contributed by atoms with Crippen molar-refractivity contribution < 1.29 is 4.79 Å². The second kappa shape index (κ2) is 6.77. The molecule has 0 fully saturated rings. The summed E-state index contributed by atoms with van der Waals surface area (Å²) in [5.41, 5.74) is 0. The monoisotopic (exact) mass is 254 g/mol. The van der Waals surface area contributed by atoms with Gasteiger partial charge in [-0.2, -0.15) is 0 Å². The lowest BCUT2D eigenvalue weighted by Crippen LogP contribution is -2.29. The van der Waals surface area contributed by atoms with Gasteiger partial charge in [-0.15, -0.1) is 11.3 Å².